The predicted molar refractivity (Wildman–Crippen MR) is 79.7 cm³/mol. The molecule has 0 aliphatic heterocycles. The minimum atomic E-state index is -0.476. The van der Waals surface area contributed by atoms with Crippen LogP contribution in [0.3, 0.4) is 0 Å². The van der Waals surface area contributed by atoms with Crippen LogP contribution in [0.2, 0.25) is 10.3 Å². The van der Waals surface area contributed by atoms with E-state index >= 15 is 0 Å². The SMILES string of the molecule is Cc1cc2c(F)c(Oc3nc(Cl)cc(Cl)n3)ccc2n1C. The molecule has 7 heteroatoms. The van der Waals surface area contributed by atoms with Crippen molar-refractivity contribution in [2.24, 2.45) is 7.05 Å². The van der Waals surface area contributed by atoms with E-state index < -0.39 is 5.82 Å². The number of aryl methyl sites for hydroxylation is 2. The molecule has 0 radical (unpaired) electrons. The van der Waals surface area contributed by atoms with Gasteiger partial charge in [-0.15, -0.1) is 0 Å². The van der Waals surface area contributed by atoms with E-state index in [1.54, 1.807) is 12.1 Å². The molecule has 0 amide bonds. The summed E-state index contributed by atoms with van der Waals surface area (Å²) >= 11 is 11.5. The Morgan fingerprint density at radius 3 is 2.48 bits per heavy atom. The first-order valence-electron chi connectivity index (χ1n) is 6.08. The summed E-state index contributed by atoms with van der Waals surface area (Å²) in [6.07, 6.45) is 0. The Morgan fingerprint density at radius 2 is 1.81 bits per heavy atom. The molecule has 1 aromatic carbocycles. The van der Waals surface area contributed by atoms with Crippen molar-refractivity contribution in [2.45, 2.75) is 6.92 Å². The van der Waals surface area contributed by atoms with Gasteiger partial charge in [0.1, 0.15) is 10.3 Å². The Morgan fingerprint density at radius 1 is 1.14 bits per heavy atom. The highest BCUT2D eigenvalue weighted by Gasteiger charge is 2.14. The van der Waals surface area contributed by atoms with Crippen molar-refractivity contribution in [3.63, 3.8) is 0 Å². The number of hydrogen-bond donors (Lipinski definition) is 0. The lowest BCUT2D eigenvalue weighted by molar-refractivity contribution is 0.414. The number of fused-ring (bicyclic) bond motifs is 1. The Kier molecular flexibility index (Phi) is 3.47. The maximum Gasteiger partial charge on any atom is 0.324 e. The average Bonchev–Trinajstić information content (AvgIpc) is 2.69. The number of aromatic nitrogens is 3. The molecule has 0 spiro atoms. The average molecular weight is 326 g/mol. The molecule has 0 aliphatic carbocycles. The molecular formula is C14H10Cl2FN3O. The van der Waals surface area contributed by atoms with Gasteiger partial charge in [-0.1, -0.05) is 23.2 Å². The number of hydrogen-bond acceptors (Lipinski definition) is 3. The van der Waals surface area contributed by atoms with Gasteiger partial charge >= 0.3 is 6.01 Å². The fourth-order valence-corrected chi connectivity index (χ4v) is 2.49. The molecule has 0 unspecified atom stereocenters. The van der Waals surface area contributed by atoms with E-state index in [-0.39, 0.29) is 22.1 Å². The van der Waals surface area contributed by atoms with Crippen LogP contribution in [0.1, 0.15) is 5.69 Å². The molecule has 3 aromatic rings. The molecule has 0 saturated carbocycles. The van der Waals surface area contributed by atoms with E-state index in [2.05, 4.69) is 9.97 Å². The lowest BCUT2D eigenvalue weighted by Gasteiger charge is -2.07. The molecule has 0 N–H and O–H groups in total. The van der Waals surface area contributed by atoms with Gasteiger partial charge in [-0.05, 0) is 25.1 Å². The maximum atomic E-state index is 14.5. The van der Waals surface area contributed by atoms with Crippen LogP contribution >= 0.6 is 23.2 Å². The van der Waals surface area contributed by atoms with Crippen LogP contribution in [0.15, 0.2) is 24.3 Å². The summed E-state index contributed by atoms with van der Waals surface area (Å²) in [5, 5.41) is 0.727. The van der Waals surface area contributed by atoms with Crippen molar-refractivity contribution in [1.29, 1.82) is 0 Å². The fourth-order valence-electron chi connectivity index (χ4n) is 2.08. The predicted octanol–water partition coefficient (Wildman–Crippen LogP) is 4.51. The molecule has 4 nitrogen and oxygen atoms in total. The monoisotopic (exact) mass is 325 g/mol. The Labute approximate surface area is 130 Å². The summed E-state index contributed by atoms with van der Waals surface area (Å²) in [5.74, 6) is -0.456. The first kappa shape index (κ1) is 14.1. The van der Waals surface area contributed by atoms with Gasteiger partial charge in [-0.3, -0.25) is 0 Å². The highest BCUT2D eigenvalue weighted by atomic mass is 35.5. The van der Waals surface area contributed by atoms with E-state index in [9.17, 15) is 4.39 Å². The number of ether oxygens (including phenoxy) is 1. The van der Waals surface area contributed by atoms with Crippen molar-refractivity contribution in [2.75, 3.05) is 0 Å². The Bertz CT molecular complexity index is 828. The summed E-state index contributed by atoms with van der Waals surface area (Å²) in [6, 6.07) is 6.32. The smallest absolute Gasteiger partial charge is 0.324 e. The van der Waals surface area contributed by atoms with Crippen molar-refractivity contribution in [3.8, 4) is 11.8 Å². The van der Waals surface area contributed by atoms with Crippen molar-refractivity contribution < 1.29 is 9.13 Å². The molecule has 2 heterocycles. The Balaban J connectivity index is 2.06. The molecule has 108 valence electrons. The van der Waals surface area contributed by atoms with Gasteiger partial charge in [0.05, 0.1) is 5.52 Å². The van der Waals surface area contributed by atoms with Crippen LogP contribution in [-0.2, 0) is 7.05 Å². The highest BCUT2D eigenvalue weighted by Crippen LogP contribution is 2.31. The minimum absolute atomic E-state index is 0.0198. The molecule has 0 atom stereocenters. The lowest BCUT2D eigenvalue weighted by atomic mass is 10.2. The van der Waals surface area contributed by atoms with Crippen molar-refractivity contribution in [1.82, 2.24) is 14.5 Å². The molecule has 3 rings (SSSR count). The van der Waals surface area contributed by atoms with Crippen LogP contribution in [0.25, 0.3) is 10.9 Å². The van der Waals surface area contributed by atoms with Gasteiger partial charge in [0, 0.05) is 24.2 Å². The van der Waals surface area contributed by atoms with Gasteiger partial charge in [-0.2, -0.15) is 9.97 Å². The van der Waals surface area contributed by atoms with E-state index in [1.807, 2.05) is 18.5 Å². The zero-order valence-corrected chi connectivity index (χ0v) is 12.7. The number of benzene rings is 1. The zero-order valence-electron chi connectivity index (χ0n) is 11.2. The molecule has 0 aliphatic rings. The van der Waals surface area contributed by atoms with Crippen molar-refractivity contribution >= 4 is 34.1 Å². The van der Waals surface area contributed by atoms with Crippen LogP contribution < -0.4 is 4.74 Å². The van der Waals surface area contributed by atoms with Gasteiger partial charge < -0.3 is 9.30 Å². The largest absolute Gasteiger partial charge is 0.421 e. The van der Waals surface area contributed by atoms with Gasteiger partial charge in [0.25, 0.3) is 0 Å². The topological polar surface area (TPSA) is 39.9 Å². The maximum absolute atomic E-state index is 14.5. The number of rotatable bonds is 2. The van der Waals surface area contributed by atoms with Crippen molar-refractivity contribution in [3.05, 3.63) is 46.1 Å². The molecule has 21 heavy (non-hydrogen) atoms. The standard InChI is InChI=1S/C14H10Cl2FN3O/c1-7-5-8-9(20(7)2)3-4-10(13(8)17)21-14-18-11(15)6-12(16)19-14/h3-6H,1-2H3. The first-order chi connectivity index (χ1) is 9.95. The summed E-state index contributed by atoms with van der Waals surface area (Å²) < 4.78 is 21.7. The minimum Gasteiger partial charge on any atom is -0.421 e. The summed E-state index contributed by atoms with van der Waals surface area (Å²) in [4.78, 5) is 7.70. The van der Waals surface area contributed by atoms with Crippen LogP contribution in [-0.4, -0.2) is 14.5 Å². The summed E-state index contributed by atoms with van der Waals surface area (Å²) in [5.41, 5.74) is 1.73. The van der Waals surface area contributed by atoms with Crippen LogP contribution in [0.5, 0.6) is 11.8 Å². The second-order valence-electron chi connectivity index (χ2n) is 4.55. The third-order valence-corrected chi connectivity index (χ3v) is 3.60. The highest BCUT2D eigenvalue weighted by molar-refractivity contribution is 6.33. The normalized spacial score (nSPS) is 11.1. The molecule has 0 bridgehead atoms. The second kappa shape index (κ2) is 5.16. The lowest BCUT2D eigenvalue weighted by Crippen LogP contribution is -1.95. The van der Waals surface area contributed by atoms with Gasteiger partial charge in [-0.25, -0.2) is 4.39 Å². The molecule has 0 fully saturated rings. The third kappa shape index (κ3) is 2.54. The Hall–Kier alpha value is -1.85. The van der Waals surface area contributed by atoms with E-state index in [4.69, 9.17) is 27.9 Å². The van der Waals surface area contributed by atoms with Crippen LogP contribution in [0, 0.1) is 12.7 Å². The second-order valence-corrected chi connectivity index (χ2v) is 5.33. The first-order valence-corrected chi connectivity index (χ1v) is 6.84. The van der Waals surface area contributed by atoms with E-state index in [1.165, 1.54) is 12.1 Å². The molecule has 0 saturated heterocycles. The summed E-state index contributed by atoms with van der Waals surface area (Å²) in [6.45, 7) is 1.90. The number of halogens is 3. The van der Waals surface area contributed by atoms with E-state index in [0.29, 0.717) is 5.39 Å². The number of nitrogens with zero attached hydrogens (tertiary/aromatic N) is 3. The quantitative estimate of drug-likeness (QED) is 0.650. The van der Waals surface area contributed by atoms with Crippen LogP contribution in [0.4, 0.5) is 4.39 Å². The molecular weight excluding hydrogens is 316 g/mol. The molecule has 2 aromatic heterocycles. The third-order valence-electron chi connectivity index (χ3n) is 3.21. The van der Waals surface area contributed by atoms with Gasteiger partial charge in [0.15, 0.2) is 11.6 Å². The fraction of sp³-hybridized carbons (Fsp3) is 0.143. The zero-order chi connectivity index (χ0) is 15.1. The van der Waals surface area contributed by atoms with E-state index in [0.717, 1.165) is 11.2 Å². The van der Waals surface area contributed by atoms with Gasteiger partial charge in [0.2, 0.25) is 0 Å². The summed E-state index contributed by atoms with van der Waals surface area (Å²) in [7, 11) is 1.87.